The fourth-order valence-corrected chi connectivity index (χ4v) is 4.16. The van der Waals surface area contributed by atoms with Crippen molar-refractivity contribution >= 4 is 16.8 Å². The van der Waals surface area contributed by atoms with Gasteiger partial charge in [-0.25, -0.2) is 0 Å². The molecule has 0 N–H and O–H groups in total. The summed E-state index contributed by atoms with van der Waals surface area (Å²) in [5, 5.41) is 2.66. The van der Waals surface area contributed by atoms with Crippen LogP contribution in [0.3, 0.4) is 0 Å². The normalized spacial score (nSPS) is 11.6. The molecule has 0 nitrogen and oxygen atoms in total. The first-order valence-electron chi connectivity index (χ1n) is 12.6. The molecule has 0 heteroatoms. The van der Waals surface area contributed by atoms with Crippen molar-refractivity contribution in [3.63, 3.8) is 0 Å². The predicted molar refractivity (Wildman–Crippen MR) is 133 cm³/mol. The van der Waals surface area contributed by atoms with Gasteiger partial charge >= 0.3 is 0 Å². The van der Waals surface area contributed by atoms with Crippen molar-refractivity contribution in [1.82, 2.24) is 0 Å². The smallest absolute Gasteiger partial charge is 0.0178 e. The van der Waals surface area contributed by atoms with Crippen LogP contribution in [0.15, 0.2) is 48.5 Å². The molecule has 0 unspecified atom stereocenters. The van der Waals surface area contributed by atoms with E-state index < -0.39 is 0 Å². The van der Waals surface area contributed by atoms with Crippen LogP contribution in [-0.4, -0.2) is 0 Å². The third-order valence-corrected chi connectivity index (χ3v) is 6.06. The highest BCUT2D eigenvalue weighted by Gasteiger charge is 1.95. The van der Waals surface area contributed by atoms with Gasteiger partial charge in [0.15, 0.2) is 0 Å². The number of fused-ring (bicyclic) bond motifs is 1. The summed E-state index contributed by atoms with van der Waals surface area (Å²) in [6.07, 6.45) is 27.4. The van der Waals surface area contributed by atoms with Crippen molar-refractivity contribution < 1.29 is 0 Å². The van der Waals surface area contributed by atoms with Gasteiger partial charge in [0.25, 0.3) is 0 Å². The van der Waals surface area contributed by atoms with E-state index >= 15 is 0 Å². The highest BCUT2D eigenvalue weighted by molar-refractivity contribution is 5.84. The van der Waals surface area contributed by atoms with Gasteiger partial charge in [-0.1, -0.05) is 145 Å². The minimum atomic E-state index is 1.21. The van der Waals surface area contributed by atoms with Crippen LogP contribution in [-0.2, 0) is 0 Å². The zero-order chi connectivity index (χ0) is 20.4. The molecule has 0 spiro atoms. The molecule has 0 atom stereocenters. The molecule has 2 aromatic carbocycles. The lowest BCUT2D eigenvalue weighted by Crippen LogP contribution is -1.83. The summed E-state index contributed by atoms with van der Waals surface area (Å²) in [4.78, 5) is 0. The van der Waals surface area contributed by atoms with Crippen molar-refractivity contribution in [2.75, 3.05) is 0 Å². The van der Waals surface area contributed by atoms with Crippen molar-refractivity contribution in [2.45, 2.75) is 110 Å². The molecule has 0 aliphatic carbocycles. The first-order valence-corrected chi connectivity index (χ1v) is 12.6. The molecule has 0 bridgehead atoms. The number of hydrogen-bond donors (Lipinski definition) is 0. The molecule has 0 amide bonds. The zero-order valence-electron chi connectivity index (χ0n) is 19.0. The number of allylic oxidation sites excluding steroid dienone is 1. The molecule has 0 aliphatic heterocycles. The molecule has 0 aromatic heterocycles. The van der Waals surface area contributed by atoms with Gasteiger partial charge in [0.1, 0.15) is 0 Å². The predicted octanol–water partition coefficient (Wildman–Crippen LogP) is 10.1. The van der Waals surface area contributed by atoms with Gasteiger partial charge in [0.05, 0.1) is 0 Å². The molecule has 0 aliphatic rings. The van der Waals surface area contributed by atoms with E-state index in [0.29, 0.717) is 0 Å². The molecule has 0 saturated heterocycles. The molecular weight excluding hydrogens is 348 g/mol. The summed E-state index contributed by atoms with van der Waals surface area (Å²) >= 11 is 0. The fourth-order valence-electron chi connectivity index (χ4n) is 4.16. The molecule has 160 valence electrons. The molecule has 0 heterocycles. The Kier molecular flexibility index (Phi) is 13.3. The van der Waals surface area contributed by atoms with Crippen LogP contribution in [0, 0.1) is 0 Å². The molecule has 0 radical (unpaired) electrons. The van der Waals surface area contributed by atoms with E-state index in [9.17, 15) is 0 Å². The average Bonchev–Trinajstić information content (AvgIpc) is 2.76. The fraction of sp³-hybridized carbons (Fsp3) is 0.586. The molecule has 0 saturated carbocycles. The summed E-state index contributed by atoms with van der Waals surface area (Å²) in [7, 11) is 0. The Hall–Kier alpha value is -1.56. The first kappa shape index (κ1) is 23.7. The Labute approximate surface area is 180 Å². The lowest BCUT2D eigenvalue weighted by Gasteiger charge is -2.03. The first-order chi connectivity index (χ1) is 14.4. The number of unbranched alkanes of at least 4 members (excludes halogenated alkanes) is 15. The van der Waals surface area contributed by atoms with Crippen LogP contribution < -0.4 is 0 Å². The highest BCUT2D eigenvalue weighted by Crippen LogP contribution is 2.17. The SMILES string of the molecule is CCCCCCCCCCCCCCCCC/C=C/c1ccc2ccccc2c1. The quantitative estimate of drug-likeness (QED) is 0.235. The van der Waals surface area contributed by atoms with Gasteiger partial charge in [0.2, 0.25) is 0 Å². The Morgan fingerprint density at radius 3 is 1.66 bits per heavy atom. The molecule has 2 rings (SSSR count). The number of rotatable bonds is 17. The van der Waals surface area contributed by atoms with E-state index in [2.05, 4.69) is 61.5 Å². The van der Waals surface area contributed by atoms with E-state index in [1.54, 1.807) is 0 Å². The number of benzene rings is 2. The van der Waals surface area contributed by atoms with Gasteiger partial charge in [-0.2, -0.15) is 0 Å². The third-order valence-electron chi connectivity index (χ3n) is 6.06. The van der Waals surface area contributed by atoms with Gasteiger partial charge in [0, 0.05) is 0 Å². The maximum absolute atomic E-state index is 2.35. The lowest BCUT2D eigenvalue weighted by molar-refractivity contribution is 0.533. The van der Waals surface area contributed by atoms with Crippen LogP contribution in [0.2, 0.25) is 0 Å². The van der Waals surface area contributed by atoms with Crippen LogP contribution in [0.1, 0.15) is 115 Å². The standard InChI is InChI=1S/C29H44/c1-2-3-4-5-6-7-8-9-10-11-12-13-14-15-16-17-18-21-27-24-25-28-22-19-20-23-29(28)26-27/h18-26H,2-17H2,1H3/b21-18+. The van der Waals surface area contributed by atoms with Crippen molar-refractivity contribution in [3.05, 3.63) is 54.1 Å². The van der Waals surface area contributed by atoms with Crippen LogP contribution >= 0.6 is 0 Å². The minimum Gasteiger partial charge on any atom is -0.0839 e. The van der Waals surface area contributed by atoms with Crippen molar-refractivity contribution in [1.29, 1.82) is 0 Å². The second-order valence-electron chi connectivity index (χ2n) is 8.75. The summed E-state index contributed by atoms with van der Waals surface area (Å²) in [5.41, 5.74) is 1.32. The maximum atomic E-state index is 2.35. The number of hydrogen-bond acceptors (Lipinski definition) is 0. The molecular formula is C29H44. The monoisotopic (exact) mass is 392 g/mol. The van der Waals surface area contributed by atoms with E-state index in [0.717, 1.165) is 0 Å². The summed E-state index contributed by atoms with van der Waals surface area (Å²) in [6, 6.07) is 15.3. The second-order valence-corrected chi connectivity index (χ2v) is 8.75. The molecule has 2 aromatic rings. The van der Waals surface area contributed by atoms with Crippen LogP contribution in [0.5, 0.6) is 0 Å². The molecule has 29 heavy (non-hydrogen) atoms. The van der Waals surface area contributed by atoms with Gasteiger partial charge in [-0.3, -0.25) is 0 Å². The topological polar surface area (TPSA) is 0 Å². The van der Waals surface area contributed by atoms with E-state index in [-0.39, 0.29) is 0 Å². The Balaban J connectivity index is 1.37. The zero-order valence-corrected chi connectivity index (χ0v) is 19.0. The van der Waals surface area contributed by atoms with Crippen molar-refractivity contribution in [3.8, 4) is 0 Å². The third kappa shape index (κ3) is 11.3. The summed E-state index contributed by atoms with van der Waals surface area (Å²) < 4.78 is 0. The Morgan fingerprint density at radius 1 is 0.552 bits per heavy atom. The van der Waals surface area contributed by atoms with Crippen LogP contribution in [0.4, 0.5) is 0 Å². The molecule has 0 fully saturated rings. The largest absolute Gasteiger partial charge is 0.0839 e. The van der Waals surface area contributed by atoms with Gasteiger partial charge in [-0.15, -0.1) is 0 Å². The lowest BCUT2D eigenvalue weighted by atomic mass is 10.0. The Bertz CT molecular complexity index is 667. The maximum Gasteiger partial charge on any atom is -0.0178 e. The van der Waals surface area contributed by atoms with Gasteiger partial charge < -0.3 is 0 Å². The van der Waals surface area contributed by atoms with Gasteiger partial charge in [-0.05, 0) is 35.2 Å². The highest BCUT2D eigenvalue weighted by atomic mass is 14.0. The van der Waals surface area contributed by atoms with E-state index in [1.807, 2.05) is 0 Å². The van der Waals surface area contributed by atoms with E-state index in [1.165, 1.54) is 119 Å². The summed E-state index contributed by atoms with van der Waals surface area (Å²) in [6.45, 7) is 2.30. The summed E-state index contributed by atoms with van der Waals surface area (Å²) in [5.74, 6) is 0. The average molecular weight is 393 g/mol. The Morgan fingerprint density at radius 2 is 1.07 bits per heavy atom. The second kappa shape index (κ2) is 16.3. The van der Waals surface area contributed by atoms with E-state index in [4.69, 9.17) is 0 Å². The van der Waals surface area contributed by atoms with Crippen LogP contribution in [0.25, 0.3) is 16.8 Å². The minimum absolute atomic E-state index is 1.21. The van der Waals surface area contributed by atoms with Crippen molar-refractivity contribution in [2.24, 2.45) is 0 Å².